The minimum absolute atomic E-state index is 0.0132. The molecule has 2 rings (SSSR count). The molecule has 21 heavy (non-hydrogen) atoms. The molecular formula is C15H19F3O3. The fraction of sp³-hybridized carbons (Fsp3) is 0.600. The lowest BCUT2D eigenvalue weighted by Crippen LogP contribution is -2.34. The van der Waals surface area contributed by atoms with Crippen molar-refractivity contribution >= 4 is 0 Å². The first-order valence-electron chi connectivity index (χ1n) is 6.87. The third-order valence-electron chi connectivity index (χ3n) is 3.28. The zero-order valence-electron chi connectivity index (χ0n) is 12.0. The third-order valence-corrected chi connectivity index (χ3v) is 3.28. The van der Waals surface area contributed by atoms with Gasteiger partial charge in [-0.25, -0.2) is 0 Å². The molecule has 0 aromatic heterocycles. The van der Waals surface area contributed by atoms with E-state index in [1.807, 2.05) is 13.8 Å². The van der Waals surface area contributed by atoms with Gasteiger partial charge in [-0.05, 0) is 38.5 Å². The summed E-state index contributed by atoms with van der Waals surface area (Å²) >= 11 is 0. The molecule has 6 heteroatoms. The van der Waals surface area contributed by atoms with Gasteiger partial charge < -0.3 is 14.6 Å². The highest BCUT2D eigenvalue weighted by Gasteiger charge is 2.33. The second kappa shape index (κ2) is 5.75. The van der Waals surface area contributed by atoms with Gasteiger partial charge in [-0.2, -0.15) is 13.2 Å². The number of fused-ring (bicyclic) bond motifs is 1. The van der Waals surface area contributed by atoms with Gasteiger partial charge in [0.05, 0.1) is 12.7 Å². The fourth-order valence-electron chi connectivity index (χ4n) is 2.35. The molecule has 1 aliphatic heterocycles. The fourth-order valence-corrected chi connectivity index (χ4v) is 2.35. The van der Waals surface area contributed by atoms with Crippen LogP contribution in [-0.4, -0.2) is 23.5 Å². The number of hydrogen-bond acceptors (Lipinski definition) is 3. The molecule has 1 heterocycles. The Balaban J connectivity index is 1.97. The summed E-state index contributed by atoms with van der Waals surface area (Å²) in [5.41, 5.74) is 0.171. The van der Waals surface area contributed by atoms with E-state index in [-0.39, 0.29) is 13.0 Å². The minimum Gasteiger partial charge on any atom is -0.494 e. The van der Waals surface area contributed by atoms with Crippen molar-refractivity contribution in [3.05, 3.63) is 23.8 Å². The van der Waals surface area contributed by atoms with Crippen molar-refractivity contribution in [2.75, 3.05) is 6.61 Å². The number of halogens is 3. The summed E-state index contributed by atoms with van der Waals surface area (Å²) in [5.74, 6) is 1.03. The van der Waals surface area contributed by atoms with Crippen molar-refractivity contribution in [2.24, 2.45) is 0 Å². The van der Waals surface area contributed by atoms with Crippen LogP contribution in [0.4, 0.5) is 13.2 Å². The quantitative estimate of drug-likeness (QED) is 0.854. The predicted molar refractivity (Wildman–Crippen MR) is 71.5 cm³/mol. The van der Waals surface area contributed by atoms with Crippen molar-refractivity contribution in [1.29, 1.82) is 0 Å². The largest absolute Gasteiger partial charge is 0.494 e. The van der Waals surface area contributed by atoms with Crippen LogP contribution >= 0.6 is 0 Å². The van der Waals surface area contributed by atoms with E-state index in [2.05, 4.69) is 0 Å². The summed E-state index contributed by atoms with van der Waals surface area (Å²) in [5, 5.41) is 10.1. The molecule has 0 saturated carbocycles. The van der Waals surface area contributed by atoms with E-state index in [0.717, 1.165) is 0 Å². The maximum Gasteiger partial charge on any atom is 0.389 e. The topological polar surface area (TPSA) is 38.7 Å². The lowest BCUT2D eigenvalue weighted by atomic mass is 9.92. The Morgan fingerprint density at radius 3 is 2.76 bits per heavy atom. The Kier molecular flexibility index (Phi) is 4.37. The van der Waals surface area contributed by atoms with Crippen LogP contribution in [0.15, 0.2) is 18.2 Å². The number of ether oxygens (including phenoxy) is 2. The van der Waals surface area contributed by atoms with E-state index in [4.69, 9.17) is 9.47 Å². The van der Waals surface area contributed by atoms with Crippen molar-refractivity contribution in [2.45, 2.75) is 51.0 Å². The first kappa shape index (κ1) is 15.9. The van der Waals surface area contributed by atoms with Crippen LogP contribution in [0.3, 0.4) is 0 Å². The average Bonchev–Trinajstić information content (AvgIpc) is 2.33. The second-order valence-electron chi connectivity index (χ2n) is 5.85. The van der Waals surface area contributed by atoms with Crippen LogP contribution in [0.5, 0.6) is 11.5 Å². The summed E-state index contributed by atoms with van der Waals surface area (Å²) in [4.78, 5) is 0. The SMILES string of the molecule is CC1(C)CC(O)c2cc(OCCCC(F)(F)F)ccc2O1. The molecular weight excluding hydrogens is 285 g/mol. The van der Waals surface area contributed by atoms with Crippen LogP contribution in [0.2, 0.25) is 0 Å². The second-order valence-corrected chi connectivity index (χ2v) is 5.85. The number of hydrogen-bond donors (Lipinski definition) is 1. The Labute approximate surface area is 121 Å². The zero-order chi connectivity index (χ0) is 15.7. The van der Waals surface area contributed by atoms with Gasteiger partial charge in [0.2, 0.25) is 0 Å². The molecule has 0 saturated heterocycles. The molecule has 1 aliphatic rings. The Bertz CT molecular complexity index is 497. The van der Waals surface area contributed by atoms with Crippen molar-refractivity contribution in [3.8, 4) is 11.5 Å². The molecule has 3 nitrogen and oxygen atoms in total. The zero-order valence-corrected chi connectivity index (χ0v) is 12.0. The van der Waals surface area contributed by atoms with Crippen molar-refractivity contribution < 1.29 is 27.8 Å². The van der Waals surface area contributed by atoms with Gasteiger partial charge in [0.25, 0.3) is 0 Å². The lowest BCUT2D eigenvalue weighted by molar-refractivity contribution is -0.136. The summed E-state index contributed by atoms with van der Waals surface area (Å²) in [6, 6.07) is 4.95. The number of aliphatic hydroxyl groups excluding tert-OH is 1. The van der Waals surface area contributed by atoms with Crippen LogP contribution < -0.4 is 9.47 Å². The van der Waals surface area contributed by atoms with Crippen molar-refractivity contribution in [1.82, 2.24) is 0 Å². The number of benzene rings is 1. The van der Waals surface area contributed by atoms with Crippen LogP contribution in [0, 0.1) is 0 Å². The van der Waals surface area contributed by atoms with E-state index in [0.29, 0.717) is 23.5 Å². The van der Waals surface area contributed by atoms with Gasteiger partial charge in [-0.1, -0.05) is 0 Å². The van der Waals surface area contributed by atoms with Gasteiger partial charge in [-0.15, -0.1) is 0 Å². The van der Waals surface area contributed by atoms with Gasteiger partial charge in [-0.3, -0.25) is 0 Å². The number of aliphatic hydroxyl groups is 1. The third kappa shape index (κ3) is 4.52. The van der Waals surface area contributed by atoms with Crippen molar-refractivity contribution in [3.63, 3.8) is 0 Å². The molecule has 1 aromatic carbocycles. The van der Waals surface area contributed by atoms with Crippen LogP contribution in [-0.2, 0) is 0 Å². The molecule has 0 spiro atoms. The molecule has 1 unspecified atom stereocenters. The number of rotatable bonds is 4. The van der Waals surface area contributed by atoms with E-state index < -0.39 is 24.3 Å². The molecule has 1 N–H and O–H groups in total. The highest BCUT2D eigenvalue weighted by Crippen LogP contribution is 2.40. The Morgan fingerprint density at radius 1 is 1.38 bits per heavy atom. The van der Waals surface area contributed by atoms with Crippen LogP contribution in [0.1, 0.15) is 44.8 Å². The van der Waals surface area contributed by atoms with Gasteiger partial charge in [0.15, 0.2) is 0 Å². The summed E-state index contributed by atoms with van der Waals surface area (Å²) in [6.45, 7) is 3.77. The molecule has 1 aromatic rings. The predicted octanol–water partition coefficient (Wildman–Crippen LogP) is 4.00. The number of alkyl halides is 3. The summed E-state index contributed by atoms with van der Waals surface area (Å²) in [6.07, 6.45) is -5.32. The van der Waals surface area contributed by atoms with E-state index in [1.54, 1.807) is 18.2 Å². The lowest BCUT2D eigenvalue weighted by Gasteiger charge is -2.35. The Morgan fingerprint density at radius 2 is 2.10 bits per heavy atom. The average molecular weight is 304 g/mol. The van der Waals surface area contributed by atoms with E-state index in [9.17, 15) is 18.3 Å². The molecule has 0 amide bonds. The smallest absolute Gasteiger partial charge is 0.389 e. The summed E-state index contributed by atoms with van der Waals surface area (Å²) in [7, 11) is 0. The highest BCUT2D eigenvalue weighted by atomic mass is 19.4. The van der Waals surface area contributed by atoms with E-state index >= 15 is 0 Å². The Hall–Kier alpha value is -1.43. The maximum atomic E-state index is 12.0. The molecule has 1 atom stereocenters. The molecule has 0 fully saturated rings. The van der Waals surface area contributed by atoms with Gasteiger partial charge in [0, 0.05) is 18.4 Å². The molecule has 0 bridgehead atoms. The monoisotopic (exact) mass is 304 g/mol. The highest BCUT2D eigenvalue weighted by molar-refractivity contribution is 5.43. The maximum absolute atomic E-state index is 12.0. The standard InChI is InChI=1S/C15H19F3O3/c1-14(2)9-12(19)11-8-10(4-5-13(11)21-14)20-7-3-6-15(16,17)18/h4-5,8,12,19H,3,6-7,9H2,1-2H3. The normalized spacial score (nSPS) is 20.6. The van der Waals surface area contributed by atoms with Gasteiger partial charge in [0.1, 0.15) is 17.1 Å². The minimum atomic E-state index is -4.16. The van der Waals surface area contributed by atoms with E-state index in [1.165, 1.54) is 0 Å². The molecule has 0 aliphatic carbocycles. The first-order chi connectivity index (χ1) is 9.66. The molecule has 0 radical (unpaired) electrons. The van der Waals surface area contributed by atoms with Gasteiger partial charge >= 0.3 is 6.18 Å². The van der Waals surface area contributed by atoms with Crippen LogP contribution in [0.25, 0.3) is 0 Å². The molecule has 118 valence electrons. The first-order valence-corrected chi connectivity index (χ1v) is 6.87. The summed E-state index contributed by atoms with van der Waals surface area (Å²) < 4.78 is 47.1.